The van der Waals surface area contributed by atoms with Gasteiger partial charge in [0.1, 0.15) is 18.4 Å². The Morgan fingerprint density at radius 3 is 2.39 bits per heavy atom. The maximum absolute atomic E-state index is 12.2. The van der Waals surface area contributed by atoms with Crippen LogP contribution in [0.2, 0.25) is 0 Å². The Hall–Kier alpha value is -1.30. The molecule has 11 atom stereocenters. The zero-order chi connectivity index (χ0) is 29.9. The third-order valence-corrected chi connectivity index (χ3v) is 10.0. The Labute approximate surface area is 246 Å². The molecular formula is C31H57N2O8+. The van der Waals surface area contributed by atoms with Crippen LogP contribution in [0.15, 0.2) is 0 Å². The minimum absolute atomic E-state index is 0.0822. The average Bonchev–Trinajstić information content (AvgIpc) is 2.89. The van der Waals surface area contributed by atoms with Crippen LogP contribution in [-0.2, 0) is 23.8 Å². The van der Waals surface area contributed by atoms with Gasteiger partial charge in [-0.3, -0.25) is 15.3 Å². The number of nitrogens with two attached hydrogens (primary N) is 2. The highest BCUT2D eigenvalue weighted by atomic mass is 16.6. The summed E-state index contributed by atoms with van der Waals surface area (Å²) in [7, 11) is 1.65. The molecule has 10 heteroatoms. The molecule has 0 aromatic rings. The topological polar surface area (TPSA) is 165 Å². The Bertz CT molecular complexity index is 800. The van der Waals surface area contributed by atoms with Crippen molar-refractivity contribution in [2.24, 2.45) is 35.3 Å². The lowest BCUT2D eigenvalue weighted by Crippen LogP contribution is -2.94. The summed E-state index contributed by atoms with van der Waals surface area (Å²) in [6, 6.07) is 0. The van der Waals surface area contributed by atoms with E-state index in [0.717, 1.165) is 51.5 Å². The van der Waals surface area contributed by atoms with Gasteiger partial charge in [0.15, 0.2) is 0 Å². The van der Waals surface area contributed by atoms with Gasteiger partial charge in [0.2, 0.25) is 0 Å². The van der Waals surface area contributed by atoms with Crippen LogP contribution in [0.4, 0.5) is 0 Å². The summed E-state index contributed by atoms with van der Waals surface area (Å²) >= 11 is 0. The van der Waals surface area contributed by atoms with Gasteiger partial charge in [0.05, 0.1) is 24.9 Å². The van der Waals surface area contributed by atoms with E-state index in [9.17, 15) is 24.9 Å². The number of quaternary nitrogens is 1. The normalized spacial score (nSPS) is 36.4. The molecule has 6 unspecified atom stereocenters. The number of aliphatic hydroxyl groups is 3. The van der Waals surface area contributed by atoms with E-state index in [0.29, 0.717) is 62.2 Å². The van der Waals surface area contributed by atoms with Crippen molar-refractivity contribution in [2.75, 3.05) is 20.3 Å². The monoisotopic (exact) mass is 585 g/mol. The molecule has 0 bridgehead atoms. The van der Waals surface area contributed by atoms with Gasteiger partial charge in [-0.2, -0.15) is 0 Å². The Morgan fingerprint density at radius 1 is 0.976 bits per heavy atom. The predicted octanol–water partition coefficient (Wildman–Crippen LogP) is 1.62. The number of hydrogen-bond acceptors (Lipinski definition) is 9. The average molecular weight is 586 g/mol. The van der Waals surface area contributed by atoms with Gasteiger partial charge in [-0.1, -0.05) is 12.8 Å². The molecule has 1 heterocycles. The molecule has 0 aromatic heterocycles. The first-order valence-electron chi connectivity index (χ1n) is 16.0. The van der Waals surface area contributed by atoms with Gasteiger partial charge in [-0.05, 0) is 87.4 Å². The van der Waals surface area contributed by atoms with Crippen molar-refractivity contribution in [3.8, 4) is 0 Å². The molecule has 1 aliphatic heterocycles. The standard InChI is InChI=1S/C31H56N2O8/c1-19(35)40-26(17-29(41-20(2)36)24-13-21(10-12-34)5-4-6-25(37)14-24)8-7-22-15-30(39-3)28(38)18-27(22)23-9-11-33-31(32)16-23/h21-31,33-34,37-38H,4-18,32H2,1-3H3/p+1/t21-,22?,23?,24-,25-,26-,27?,28?,29-,30?,31?/m1/s1. The maximum atomic E-state index is 12.2. The molecule has 0 aromatic carbocycles. The molecular weight excluding hydrogens is 528 g/mol. The molecule has 238 valence electrons. The van der Waals surface area contributed by atoms with Crippen molar-refractivity contribution in [2.45, 2.75) is 134 Å². The molecule has 7 N–H and O–H groups in total. The lowest BCUT2D eigenvalue weighted by atomic mass is 9.66. The fourth-order valence-electron chi connectivity index (χ4n) is 8.06. The minimum atomic E-state index is -0.501. The summed E-state index contributed by atoms with van der Waals surface area (Å²) in [5.41, 5.74) is 6.29. The van der Waals surface area contributed by atoms with Gasteiger partial charge < -0.3 is 34.8 Å². The van der Waals surface area contributed by atoms with Crippen LogP contribution in [-0.4, -0.2) is 84.2 Å². The first-order chi connectivity index (χ1) is 19.6. The molecule has 41 heavy (non-hydrogen) atoms. The molecule has 1 saturated heterocycles. The van der Waals surface area contributed by atoms with Crippen LogP contribution in [0.25, 0.3) is 0 Å². The molecule has 3 rings (SSSR count). The summed E-state index contributed by atoms with van der Waals surface area (Å²) in [4.78, 5) is 24.4. The van der Waals surface area contributed by atoms with E-state index in [1.807, 2.05) is 0 Å². The van der Waals surface area contributed by atoms with E-state index < -0.39 is 24.4 Å². The van der Waals surface area contributed by atoms with Gasteiger partial charge in [0.25, 0.3) is 0 Å². The number of carbonyl (C=O) groups excluding carboxylic acids is 2. The molecule has 3 fully saturated rings. The number of rotatable bonds is 12. The molecule has 10 nitrogen and oxygen atoms in total. The second kappa shape index (κ2) is 17.1. The molecule has 2 saturated carbocycles. The Kier molecular flexibility index (Phi) is 14.3. The first kappa shape index (κ1) is 34.2. The molecule has 0 amide bonds. The zero-order valence-corrected chi connectivity index (χ0v) is 25.5. The van der Waals surface area contributed by atoms with E-state index >= 15 is 0 Å². The summed E-state index contributed by atoms with van der Waals surface area (Å²) in [5.74, 6) is 0.502. The van der Waals surface area contributed by atoms with Crippen molar-refractivity contribution >= 4 is 11.9 Å². The lowest BCUT2D eigenvalue weighted by molar-refractivity contribution is -0.699. The molecule has 0 spiro atoms. The largest absolute Gasteiger partial charge is 0.462 e. The molecule has 0 radical (unpaired) electrons. The second-order valence-electron chi connectivity index (χ2n) is 13.1. The van der Waals surface area contributed by atoms with E-state index in [4.69, 9.17) is 19.9 Å². The van der Waals surface area contributed by atoms with Crippen molar-refractivity contribution < 1.29 is 44.4 Å². The highest BCUT2D eigenvalue weighted by molar-refractivity contribution is 5.66. The van der Waals surface area contributed by atoms with Crippen LogP contribution >= 0.6 is 0 Å². The fourth-order valence-corrected chi connectivity index (χ4v) is 8.06. The number of aliphatic hydroxyl groups excluding tert-OH is 3. The lowest BCUT2D eigenvalue weighted by Gasteiger charge is -2.44. The summed E-state index contributed by atoms with van der Waals surface area (Å²) in [6.07, 6.45) is 7.65. The second-order valence-corrected chi connectivity index (χ2v) is 13.1. The smallest absolute Gasteiger partial charge is 0.302 e. The van der Waals surface area contributed by atoms with Crippen LogP contribution in [0.3, 0.4) is 0 Å². The third kappa shape index (κ3) is 11.0. The maximum Gasteiger partial charge on any atom is 0.302 e. The number of ether oxygens (including phenoxy) is 3. The van der Waals surface area contributed by atoms with Gasteiger partial charge in [0, 0.05) is 40.4 Å². The van der Waals surface area contributed by atoms with Crippen LogP contribution in [0.1, 0.15) is 97.3 Å². The highest BCUT2D eigenvalue weighted by Crippen LogP contribution is 2.43. The highest BCUT2D eigenvalue weighted by Gasteiger charge is 2.42. The van der Waals surface area contributed by atoms with Gasteiger partial charge in [-0.25, -0.2) is 0 Å². The van der Waals surface area contributed by atoms with Crippen molar-refractivity contribution in [3.63, 3.8) is 0 Å². The molecule has 2 aliphatic carbocycles. The minimum Gasteiger partial charge on any atom is -0.462 e. The van der Waals surface area contributed by atoms with Crippen molar-refractivity contribution in [1.82, 2.24) is 0 Å². The number of methoxy groups -OCH3 is 1. The number of carbonyl (C=O) groups is 2. The Balaban J connectivity index is 1.76. The van der Waals surface area contributed by atoms with E-state index in [1.54, 1.807) is 7.11 Å². The van der Waals surface area contributed by atoms with Crippen molar-refractivity contribution in [3.05, 3.63) is 0 Å². The van der Waals surface area contributed by atoms with Crippen LogP contribution in [0, 0.1) is 29.6 Å². The summed E-state index contributed by atoms with van der Waals surface area (Å²) in [6.45, 7) is 3.90. The third-order valence-electron chi connectivity index (χ3n) is 10.0. The van der Waals surface area contributed by atoms with Gasteiger partial charge >= 0.3 is 11.9 Å². The quantitative estimate of drug-likeness (QED) is 0.214. The number of piperidine rings is 1. The predicted molar refractivity (Wildman–Crippen MR) is 153 cm³/mol. The summed E-state index contributed by atoms with van der Waals surface area (Å²) in [5, 5.41) is 33.2. The van der Waals surface area contributed by atoms with E-state index in [-0.39, 0.29) is 36.7 Å². The van der Waals surface area contributed by atoms with E-state index in [1.165, 1.54) is 13.8 Å². The summed E-state index contributed by atoms with van der Waals surface area (Å²) < 4.78 is 17.3. The van der Waals surface area contributed by atoms with Gasteiger partial charge in [-0.15, -0.1) is 0 Å². The van der Waals surface area contributed by atoms with Crippen LogP contribution in [0.5, 0.6) is 0 Å². The van der Waals surface area contributed by atoms with Crippen LogP contribution < -0.4 is 11.1 Å². The SMILES string of the molecule is COC1CC(CC[C@H](C[C@@H](OC(C)=O)[C@H]2C[C@H](O)CCC[C@H](CCO)C2)OC(C)=O)C(C2CC[NH2+]C(N)C2)CC1O. The van der Waals surface area contributed by atoms with E-state index in [2.05, 4.69) is 5.32 Å². The fraction of sp³-hybridized carbons (Fsp3) is 0.935. The molecule has 3 aliphatic rings. The zero-order valence-electron chi connectivity index (χ0n) is 25.5. The number of hydrogen-bond donors (Lipinski definition) is 5. The first-order valence-corrected chi connectivity index (χ1v) is 16.0. The Morgan fingerprint density at radius 2 is 1.73 bits per heavy atom. The number of esters is 2. The van der Waals surface area contributed by atoms with Crippen molar-refractivity contribution in [1.29, 1.82) is 0 Å².